The zero-order valence-electron chi connectivity index (χ0n) is 10.3. The summed E-state index contributed by atoms with van der Waals surface area (Å²) in [6.07, 6.45) is 12.0. The van der Waals surface area contributed by atoms with E-state index in [1.807, 2.05) is 0 Å². The molecule has 0 aliphatic heterocycles. The molecule has 0 aromatic carbocycles. The maximum atomic E-state index is 5.88. The molecule has 0 bridgehead atoms. The molecule has 88 valence electrons. The molecule has 1 rings (SSSR count). The highest BCUT2D eigenvalue weighted by Gasteiger charge is 2.25. The Morgan fingerprint density at radius 1 is 1.33 bits per heavy atom. The molecule has 3 N–H and O–H groups in total. The lowest BCUT2D eigenvalue weighted by Gasteiger charge is -2.33. The van der Waals surface area contributed by atoms with E-state index in [1.165, 1.54) is 38.5 Å². The van der Waals surface area contributed by atoms with Crippen molar-refractivity contribution >= 4 is 0 Å². The molecular weight excluding hydrogens is 184 g/mol. The number of hydrogen-bond acceptors (Lipinski definition) is 2. The molecule has 15 heavy (non-hydrogen) atoms. The van der Waals surface area contributed by atoms with Crippen LogP contribution in [0.5, 0.6) is 0 Å². The first kappa shape index (κ1) is 12.7. The fraction of sp³-hybridized carbons (Fsp3) is 0.846. The fourth-order valence-corrected chi connectivity index (χ4v) is 2.23. The van der Waals surface area contributed by atoms with Gasteiger partial charge in [0.2, 0.25) is 0 Å². The Balaban J connectivity index is 2.30. The molecule has 1 unspecified atom stereocenters. The smallest absolute Gasteiger partial charge is 0.0278 e. The van der Waals surface area contributed by atoms with Crippen molar-refractivity contribution in [2.24, 2.45) is 5.73 Å². The van der Waals surface area contributed by atoms with E-state index in [9.17, 15) is 0 Å². The first-order chi connectivity index (χ1) is 7.20. The third-order valence-electron chi connectivity index (χ3n) is 3.34. The number of hydrogen-bond donors (Lipinski definition) is 2. The summed E-state index contributed by atoms with van der Waals surface area (Å²) in [5.41, 5.74) is 6.03. The topological polar surface area (TPSA) is 38.0 Å². The van der Waals surface area contributed by atoms with Gasteiger partial charge in [0.1, 0.15) is 0 Å². The van der Waals surface area contributed by atoms with Crippen LogP contribution < -0.4 is 11.1 Å². The maximum absolute atomic E-state index is 5.88. The normalized spacial score (nSPS) is 20.7. The first-order valence-electron chi connectivity index (χ1n) is 6.33. The molecule has 2 nitrogen and oxygen atoms in total. The standard InChI is InChI=1S/C13H26N2/c1-3-4-7-10-13(2,11-14)15-12-8-5-6-9-12/h5-6,12,15H,3-4,7-11,14H2,1-2H3. The second-order valence-corrected chi connectivity index (χ2v) is 5.01. The summed E-state index contributed by atoms with van der Waals surface area (Å²) in [6, 6.07) is 0.625. The van der Waals surface area contributed by atoms with Gasteiger partial charge in [0.05, 0.1) is 0 Å². The lowest BCUT2D eigenvalue weighted by atomic mass is 9.93. The third-order valence-corrected chi connectivity index (χ3v) is 3.34. The largest absolute Gasteiger partial charge is 0.329 e. The highest BCUT2D eigenvalue weighted by Crippen LogP contribution is 2.18. The highest BCUT2D eigenvalue weighted by molar-refractivity contribution is 5.01. The van der Waals surface area contributed by atoms with Crippen LogP contribution in [0.15, 0.2) is 12.2 Å². The van der Waals surface area contributed by atoms with Crippen molar-refractivity contribution in [1.82, 2.24) is 5.32 Å². The molecule has 0 aromatic rings. The van der Waals surface area contributed by atoms with E-state index in [0.29, 0.717) is 6.04 Å². The quantitative estimate of drug-likeness (QED) is 0.501. The van der Waals surface area contributed by atoms with E-state index in [0.717, 1.165) is 6.54 Å². The summed E-state index contributed by atoms with van der Waals surface area (Å²) < 4.78 is 0. The van der Waals surface area contributed by atoms with Crippen LogP contribution >= 0.6 is 0 Å². The van der Waals surface area contributed by atoms with E-state index in [2.05, 4.69) is 31.3 Å². The predicted molar refractivity (Wildman–Crippen MR) is 66.9 cm³/mol. The van der Waals surface area contributed by atoms with Crippen molar-refractivity contribution in [1.29, 1.82) is 0 Å². The minimum Gasteiger partial charge on any atom is -0.329 e. The predicted octanol–water partition coefficient (Wildman–Crippen LogP) is 2.59. The van der Waals surface area contributed by atoms with Crippen molar-refractivity contribution in [3.8, 4) is 0 Å². The molecule has 0 spiro atoms. The van der Waals surface area contributed by atoms with Crippen LogP contribution in [-0.4, -0.2) is 18.1 Å². The molecule has 0 radical (unpaired) electrons. The number of unbranched alkanes of at least 4 members (excludes halogenated alkanes) is 2. The molecular formula is C13H26N2. The highest BCUT2D eigenvalue weighted by atomic mass is 15.0. The molecule has 1 aliphatic rings. The second kappa shape index (κ2) is 6.29. The van der Waals surface area contributed by atoms with E-state index >= 15 is 0 Å². The van der Waals surface area contributed by atoms with E-state index in [1.54, 1.807) is 0 Å². The van der Waals surface area contributed by atoms with Gasteiger partial charge in [-0.2, -0.15) is 0 Å². The van der Waals surface area contributed by atoms with Gasteiger partial charge in [-0.1, -0.05) is 38.3 Å². The zero-order valence-corrected chi connectivity index (χ0v) is 10.3. The van der Waals surface area contributed by atoms with E-state index < -0.39 is 0 Å². The number of rotatable bonds is 7. The van der Waals surface area contributed by atoms with Crippen molar-refractivity contribution in [2.75, 3.05) is 6.54 Å². The molecule has 0 heterocycles. The number of nitrogens with one attached hydrogen (secondary N) is 1. The van der Waals surface area contributed by atoms with Crippen LogP contribution in [0.4, 0.5) is 0 Å². The van der Waals surface area contributed by atoms with Gasteiger partial charge < -0.3 is 11.1 Å². The molecule has 0 aromatic heterocycles. The van der Waals surface area contributed by atoms with Gasteiger partial charge in [-0.25, -0.2) is 0 Å². The van der Waals surface area contributed by atoms with Gasteiger partial charge in [-0.3, -0.25) is 0 Å². The van der Waals surface area contributed by atoms with E-state index in [-0.39, 0.29) is 5.54 Å². The lowest BCUT2D eigenvalue weighted by Crippen LogP contribution is -2.52. The summed E-state index contributed by atoms with van der Waals surface area (Å²) in [4.78, 5) is 0. The molecule has 2 heteroatoms. The summed E-state index contributed by atoms with van der Waals surface area (Å²) >= 11 is 0. The Kier molecular flexibility index (Phi) is 5.34. The maximum Gasteiger partial charge on any atom is 0.0278 e. The van der Waals surface area contributed by atoms with Gasteiger partial charge in [0.25, 0.3) is 0 Å². The Hall–Kier alpha value is -0.340. The van der Waals surface area contributed by atoms with Gasteiger partial charge in [0.15, 0.2) is 0 Å². The van der Waals surface area contributed by atoms with Crippen molar-refractivity contribution in [3.63, 3.8) is 0 Å². The van der Waals surface area contributed by atoms with Crippen LogP contribution in [0.2, 0.25) is 0 Å². The van der Waals surface area contributed by atoms with Crippen molar-refractivity contribution in [2.45, 2.75) is 64.0 Å². The summed E-state index contributed by atoms with van der Waals surface area (Å²) in [6.45, 7) is 5.25. The SMILES string of the molecule is CCCCCC(C)(CN)NC1CC=CC1. The fourth-order valence-electron chi connectivity index (χ4n) is 2.23. The van der Waals surface area contributed by atoms with Crippen molar-refractivity contribution < 1.29 is 0 Å². The van der Waals surface area contributed by atoms with Crippen LogP contribution in [0, 0.1) is 0 Å². The molecule has 0 amide bonds. The average Bonchev–Trinajstić information content (AvgIpc) is 2.71. The average molecular weight is 210 g/mol. The summed E-state index contributed by atoms with van der Waals surface area (Å²) in [7, 11) is 0. The van der Waals surface area contributed by atoms with Gasteiger partial charge in [-0.15, -0.1) is 0 Å². The lowest BCUT2D eigenvalue weighted by molar-refractivity contribution is 0.292. The van der Waals surface area contributed by atoms with Gasteiger partial charge >= 0.3 is 0 Å². The van der Waals surface area contributed by atoms with Crippen LogP contribution in [0.3, 0.4) is 0 Å². The summed E-state index contributed by atoms with van der Waals surface area (Å²) in [5.74, 6) is 0. The third kappa shape index (κ3) is 4.35. The molecule has 1 aliphatic carbocycles. The van der Waals surface area contributed by atoms with Crippen molar-refractivity contribution in [3.05, 3.63) is 12.2 Å². The Morgan fingerprint density at radius 3 is 2.53 bits per heavy atom. The minimum absolute atomic E-state index is 0.145. The Labute approximate surface area is 94.3 Å². The van der Waals surface area contributed by atoms with Crippen LogP contribution in [-0.2, 0) is 0 Å². The molecule has 0 fully saturated rings. The monoisotopic (exact) mass is 210 g/mol. The van der Waals surface area contributed by atoms with Gasteiger partial charge in [-0.05, 0) is 26.2 Å². The van der Waals surface area contributed by atoms with E-state index in [4.69, 9.17) is 5.73 Å². The molecule has 1 atom stereocenters. The molecule has 0 saturated heterocycles. The first-order valence-corrected chi connectivity index (χ1v) is 6.33. The van der Waals surface area contributed by atoms with Gasteiger partial charge in [0, 0.05) is 18.1 Å². The zero-order chi connectivity index (χ0) is 11.1. The Bertz CT molecular complexity index is 193. The second-order valence-electron chi connectivity index (χ2n) is 5.01. The van der Waals surface area contributed by atoms with Crippen LogP contribution in [0.1, 0.15) is 52.4 Å². The number of nitrogens with two attached hydrogens (primary N) is 1. The summed E-state index contributed by atoms with van der Waals surface area (Å²) in [5, 5.41) is 3.71. The molecule has 0 saturated carbocycles. The van der Waals surface area contributed by atoms with Crippen LogP contribution in [0.25, 0.3) is 0 Å². The Morgan fingerprint density at radius 2 is 2.00 bits per heavy atom. The minimum atomic E-state index is 0.145.